The van der Waals surface area contributed by atoms with E-state index in [1.54, 1.807) is 18.3 Å². The summed E-state index contributed by atoms with van der Waals surface area (Å²) < 4.78 is 0. The van der Waals surface area contributed by atoms with E-state index in [0.29, 0.717) is 5.92 Å². The van der Waals surface area contributed by atoms with Crippen LogP contribution in [0.15, 0.2) is 0 Å². The summed E-state index contributed by atoms with van der Waals surface area (Å²) in [4.78, 5) is 8.26. The van der Waals surface area contributed by atoms with E-state index in [-0.39, 0.29) is 0 Å². The molecule has 1 aromatic rings. The second-order valence-corrected chi connectivity index (χ2v) is 5.98. The first-order valence-corrected chi connectivity index (χ1v) is 6.73. The van der Waals surface area contributed by atoms with Gasteiger partial charge in [0.1, 0.15) is 11.1 Å². The lowest BCUT2D eigenvalue weighted by molar-refractivity contribution is 0.198. The van der Waals surface area contributed by atoms with Crippen molar-refractivity contribution >= 4 is 11.3 Å². The topological polar surface area (TPSA) is 36.4 Å². The fourth-order valence-electron chi connectivity index (χ4n) is 2.27. The largest absolute Gasteiger partial charge is 0.386 e. The van der Waals surface area contributed by atoms with Crippen LogP contribution in [-0.4, -0.2) is 35.1 Å². The Balaban J connectivity index is 2.14. The lowest BCUT2D eigenvalue weighted by Gasteiger charge is -2.28. The Morgan fingerprint density at radius 3 is 2.56 bits per heavy atom. The molecule has 1 aliphatic heterocycles. The van der Waals surface area contributed by atoms with Crippen molar-refractivity contribution in [2.75, 3.05) is 20.1 Å². The van der Waals surface area contributed by atoms with Gasteiger partial charge in [0, 0.05) is 10.8 Å². The van der Waals surface area contributed by atoms with Crippen LogP contribution < -0.4 is 0 Å². The molecule has 1 aromatic heterocycles. The summed E-state index contributed by atoms with van der Waals surface area (Å²) in [6.07, 6.45) is 1.96. The Morgan fingerprint density at radius 1 is 1.44 bits per heavy atom. The summed E-state index contributed by atoms with van der Waals surface area (Å²) in [5.41, 5.74) is 1.23. The molecule has 4 heteroatoms. The normalized spacial score (nSPS) is 21.2. The van der Waals surface area contributed by atoms with E-state index in [1.165, 1.54) is 23.4 Å². The van der Waals surface area contributed by atoms with Crippen LogP contribution in [0.1, 0.15) is 47.4 Å². The van der Waals surface area contributed by atoms with Gasteiger partial charge >= 0.3 is 0 Å². The fraction of sp³-hybridized carbons (Fsp3) is 0.750. The molecule has 1 saturated heterocycles. The van der Waals surface area contributed by atoms with Gasteiger partial charge in [-0.3, -0.25) is 0 Å². The number of hydrogen-bond donors (Lipinski definition) is 1. The summed E-state index contributed by atoms with van der Waals surface area (Å²) in [5, 5.41) is 10.4. The molecule has 1 atom stereocenters. The van der Waals surface area contributed by atoms with Crippen LogP contribution in [0.5, 0.6) is 0 Å². The molecule has 0 aliphatic carbocycles. The van der Waals surface area contributed by atoms with Crippen molar-refractivity contribution in [3.05, 3.63) is 15.6 Å². The highest BCUT2D eigenvalue weighted by atomic mass is 32.1. The summed E-state index contributed by atoms with van der Waals surface area (Å²) in [7, 11) is 2.17. The average Bonchev–Trinajstić information content (AvgIpc) is 2.62. The molecule has 0 radical (unpaired) electrons. The van der Waals surface area contributed by atoms with Gasteiger partial charge in [-0.25, -0.2) is 4.98 Å². The molecule has 1 unspecified atom stereocenters. The highest BCUT2D eigenvalue weighted by Gasteiger charge is 2.23. The van der Waals surface area contributed by atoms with Crippen LogP contribution in [-0.2, 0) is 0 Å². The van der Waals surface area contributed by atoms with Crippen LogP contribution in [0, 0.1) is 6.92 Å². The maximum absolute atomic E-state index is 9.54. The molecule has 3 nitrogen and oxygen atoms in total. The molecule has 0 saturated carbocycles. The molecule has 0 bridgehead atoms. The van der Waals surface area contributed by atoms with Gasteiger partial charge in [0.25, 0.3) is 0 Å². The molecule has 0 aromatic carbocycles. The monoisotopic (exact) mass is 240 g/mol. The lowest BCUT2D eigenvalue weighted by Crippen LogP contribution is -2.29. The van der Waals surface area contributed by atoms with Gasteiger partial charge in [-0.15, -0.1) is 11.3 Å². The summed E-state index contributed by atoms with van der Waals surface area (Å²) in [6.45, 7) is 6.23. The van der Waals surface area contributed by atoms with E-state index in [2.05, 4.69) is 23.9 Å². The zero-order chi connectivity index (χ0) is 11.7. The lowest BCUT2D eigenvalue weighted by atomic mass is 9.93. The predicted molar refractivity (Wildman–Crippen MR) is 67.0 cm³/mol. The van der Waals surface area contributed by atoms with E-state index < -0.39 is 6.10 Å². The van der Waals surface area contributed by atoms with E-state index >= 15 is 0 Å². The number of hydrogen-bond acceptors (Lipinski definition) is 4. The number of nitrogens with zero attached hydrogens (tertiary/aromatic N) is 2. The number of aliphatic hydroxyl groups is 1. The molecule has 16 heavy (non-hydrogen) atoms. The van der Waals surface area contributed by atoms with E-state index in [9.17, 15) is 5.11 Å². The molecular weight excluding hydrogens is 220 g/mol. The van der Waals surface area contributed by atoms with E-state index in [1.807, 2.05) is 0 Å². The van der Waals surface area contributed by atoms with Gasteiger partial charge in [-0.1, -0.05) is 0 Å². The highest BCUT2D eigenvalue weighted by molar-refractivity contribution is 7.11. The average molecular weight is 240 g/mol. The van der Waals surface area contributed by atoms with Crippen LogP contribution in [0.3, 0.4) is 0 Å². The van der Waals surface area contributed by atoms with Gasteiger partial charge in [0.15, 0.2) is 0 Å². The van der Waals surface area contributed by atoms with E-state index in [4.69, 9.17) is 0 Å². The molecule has 1 N–H and O–H groups in total. The number of piperidine rings is 1. The second kappa shape index (κ2) is 4.82. The first-order valence-electron chi connectivity index (χ1n) is 5.91. The molecule has 2 rings (SSSR count). The van der Waals surface area contributed by atoms with Gasteiger partial charge in [-0.2, -0.15) is 0 Å². The van der Waals surface area contributed by atoms with Gasteiger partial charge in [-0.05, 0) is 46.8 Å². The first kappa shape index (κ1) is 12.0. The summed E-state index contributed by atoms with van der Waals surface area (Å²) >= 11 is 1.64. The minimum Gasteiger partial charge on any atom is -0.386 e. The maximum atomic E-state index is 9.54. The fourth-order valence-corrected chi connectivity index (χ4v) is 3.21. The first-order chi connectivity index (χ1) is 7.58. The second-order valence-electron chi connectivity index (χ2n) is 4.75. The number of aryl methyl sites for hydroxylation is 1. The summed E-state index contributed by atoms with van der Waals surface area (Å²) in [6, 6.07) is 0. The zero-order valence-electron chi connectivity index (χ0n) is 10.2. The third kappa shape index (κ3) is 2.44. The number of rotatable bonds is 2. The molecular formula is C12H20N2OS. The number of likely N-dealkylation sites (tertiary alicyclic amines) is 1. The van der Waals surface area contributed by atoms with Crippen molar-refractivity contribution in [3.63, 3.8) is 0 Å². The highest BCUT2D eigenvalue weighted by Crippen LogP contribution is 2.33. The smallest absolute Gasteiger partial charge is 0.121 e. The van der Waals surface area contributed by atoms with E-state index in [0.717, 1.165) is 18.1 Å². The number of aliphatic hydroxyl groups excluding tert-OH is 1. The van der Waals surface area contributed by atoms with Crippen molar-refractivity contribution in [1.82, 2.24) is 9.88 Å². The molecule has 0 spiro atoms. The van der Waals surface area contributed by atoms with Crippen LogP contribution in [0.4, 0.5) is 0 Å². The van der Waals surface area contributed by atoms with Crippen LogP contribution in [0.2, 0.25) is 0 Å². The van der Waals surface area contributed by atoms with Crippen molar-refractivity contribution in [3.8, 4) is 0 Å². The van der Waals surface area contributed by atoms with Crippen molar-refractivity contribution < 1.29 is 5.11 Å². The van der Waals surface area contributed by atoms with Gasteiger partial charge < -0.3 is 10.0 Å². The summed E-state index contributed by atoms with van der Waals surface area (Å²) in [5.74, 6) is 0.597. The van der Waals surface area contributed by atoms with Crippen LogP contribution in [0.25, 0.3) is 0 Å². The van der Waals surface area contributed by atoms with Gasteiger partial charge in [0.2, 0.25) is 0 Å². The number of aromatic nitrogens is 1. The molecule has 1 fully saturated rings. The minimum absolute atomic E-state index is 0.427. The van der Waals surface area contributed by atoms with Crippen molar-refractivity contribution in [2.24, 2.45) is 0 Å². The molecule has 2 heterocycles. The Hall–Kier alpha value is -0.450. The molecule has 1 aliphatic rings. The quantitative estimate of drug-likeness (QED) is 0.862. The zero-order valence-corrected chi connectivity index (χ0v) is 11.0. The Labute approximate surface area is 101 Å². The van der Waals surface area contributed by atoms with Crippen LogP contribution >= 0.6 is 11.3 Å². The molecule has 90 valence electrons. The maximum Gasteiger partial charge on any atom is 0.121 e. The minimum atomic E-state index is -0.427. The standard InChI is InChI=1S/C12H20N2OS/c1-8(15)12-13-11(9(2)16-12)10-4-6-14(3)7-5-10/h8,10,15H,4-7H2,1-3H3. The van der Waals surface area contributed by atoms with Gasteiger partial charge in [0.05, 0.1) is 5.69 Å². The third-order valence-electron chi connectivity index (χ3n) is 3.31. The Morgan fingerprint density at radius 2 is 2.06 bits per heavy atom. The van der Waals surface area contributed by atoms with Crippen molar-refractivity contribution in [2.45, 2.75) is 38.7 Å². The predicted octanol–water partition coefficient (Wildman–Crippen LogP) is 2.31. The Kier molecular flexibility index (Phi) is 3.62. The molecule has 0 amide bonds. The third-order valence-corrected chi connectivity index (χ3v) is 4.47. The Bertz CT molecular complexity index is 354. The number of thiazole rings is 1. The SMILES string of the molecule is Cc1sc(C(C)O)nc1C1CCN(C)CC1. The van der Waals surface area contributed by atoms with Crippen molar-refractivity contribution in [1.29, 1.82) is 0 Å².